The Kier molecular flexibility index (Phi) is 8.90. The van der Waals surface area contributed by atoms with Gasteiger partial charge >= 0.3 is 11.9 Å². The second-order valence-electron chi connectivity index (χ2n) is 5.95. The number of benzene rings is 1. The van der Waals surface area contributed by atoms with Gasteiger partial charge in [0.1, 0.15) is 11.6 Å². The second-order valence-corrected chi connectivity index (χ2v) is 7.01. The van der Waals surface area contributed by atoms with Crippen LogP contribution in [0.1, 0.15) is 5.82 Å². The molecule has 10 nitrogen and oxygen atoms in total. The molecule has 0 radical (unpaired) electrons. The van der Waals surface area contributed by atoms with Gasteiger partial charge in [-0.25, -0.2) is 9.59 Å². The number of thioether (sulfide) groups is 1. The Morgan fingerprint density at radius 3 is 2.45 bits per heavy atom. The molecule has 0 aliphatic carbocycles. The summed E-state index contributed by atoms with van der Waals surface area (Å²) in [5.41, 5.74) is 0.978. The summed E-state index contributed by atoms with van der Waals surface area (Å²) in [4.78, 5) is 20.6. The lowest BCUT2D eigenvalue weighted by atomic mass is 10.3. The van der Waals surface area contributed by atoms with Crippen LogP contribution in [0.4, 0.5) is 0 Å². The molecule has 29 heavy (non-hydrogen) atoms. The van der Waals surface area contributed by atoms with Gasteiger partial charge in [-0.1, -0.05) is 23.9 Å². The lowest BCUT2D eigenvalue weighted by molar-refractivity contribution is -0.159. The summed E-state index contributed by atoms with van der Waals surface area (Å²) in [5, 5.41) is 24.2. The number of aromatic nitrogens is 3. The molecule has 11 heteroatoms. The highest BCUT2D eigenvalue weighted by Gasteiger charge is 2.16. The highest BCUT2D eigenvalue weighted by molar-refractivity contribution is 7.99. The Bertz CT molecular complexity index is 810. The highest BCUT2D eigenvalue weighted by Crippen LogP contribution is 2.28. The molecule has 0 spiro atoms. The van der Waals surface area contributed by atoms with E-state index < -0.39 is 11.9 Å². The first-order valence-electron chi connectivity index (χ1n) is 8.88. The fourth-order valence-corrected chi connectivity index (χ4v) is 3.61. The fraction of sp³-hybridized carbons (Fsp3) is 0.444. The van der Waals surface area contributed by atoms with Crippen molar-refractivity contribution in [3.8, 4) is 11.4 Å². The van der Waals surface area contributed by atoms with Crippen molar-refractivity contribution in [3.63, 3.8) is 0 Å². The molecule has 1 saturated heterocycles. The molecule has 1 fully saturated rings. The van der Waals surface area contributed by atoms with Crippen LogP contribution in [0.3, 0.4) is 0 Å². The lowest BCUT2D eigenvalue weighted by Gasteiger charge is -2.26. The van der Waals surface area contributed by atoms with E-state index in [-0.39, 0.29) is 0 Å². The second kappa shape index (κ2) is 11.4. The Hall–Kier alpha value is -2.63. The number of carboxylic acid groups (broad SMARTS) is 2. The third-order valence-electron chi connectivity index (χ3n) is 4.05. The first-order chi connectivity index (χ1) is 13.9. The maximum Gasteiger partial charge on any atom is 0.414 e. The molecule has 158 valence electrons. The predicted molar refractivity (Wildman–Crippen MR) is 106 cm³/mol. The molecular weight excluding hydrogens is 400 g/mol. The van der Waals surface area contributed by atoms with Crippen molar-refractivity contribution in [1.29, 1.82) is 0 Å². The number of methoxy groups -OCH3 is 1. The van der Waals surface area contributed by atoms with Gasteiger partial charge in [0.2, 0.25) is 0 Å². The zero-order chi connectivity index (χ0) is 21.2. The zero-order valence-electron chi connectivity index (χ0n) is 16.3. The molecule has 0 saturated carbocycles. The van der Waals surface area contributed by atoms with Crippen LogP contribution in [0, 0.1) is 6.92 Å². The van der Waals surface area contributed by atoms with Gasteiger partial charge in [0, 0.05) is 25.4 Å². The summed E-state index contributed by atoms with van der Waals surface area (Å²) in [6, 6.07) is 7.95. The van der Waals surface area contributed by atoms with Crippen LogP contribution < -0.4 is 4.74 Å². The largest absolute Gasteiger partial charge is 0.495 e. The van der Waals surface area contributed by atoms with Crippen molar-refractivity contribution in [3.05, 3.63) is 30.1 Å². The van der Waals surface area contributed by atoms with E-state index in [1.165, 1.54) is 0 Å². The number of nitrogens with zero attached hydrogens (tertiary/aromatic N) is 4. The van der Waals surface area contributed by atoms with Crippen LogP contribution in [-0.2, 0) is 14.3 Å². The number of aryl methyl sites for hydroxylation is 1. The molecule has 1 aromatic carbocycles. The molecule has 0 bridgehead atoms. The number of hydrogen-bond acceptors (Lipinski definition) is 8. The third kappa shape index (κ3) is 6.73. The molecule has 2 heterocycles. The minimum atomic E-state index is -1.82. The average Bonchev–Trinajstić information content (AvgIpc) is 3.09. The third-order valence-corrected chi connectivity index (χ3v) is 4.96. The number of carbonyl (C=O) groups is 2. The SMILES string of the molecule is COc1ccccc1-n1c(C)nnc1SCCN1CCOCC1.O=C(O)C(=O)O. The predicted octanol–water partition coefficient (Wildman–Crippen LogP) is 1.16. The standard InChI is InChI=1S/C16H22N4O2S.C2H2O4/c1-13-17-18-16(23-12-9-19-7-10-22-11-8-19)20(13)14-5-3-4-6-15(14)21-2;3-1(4)2(5)6/h3-6H,7-12H2,1-2H3;(H,3,4)(H,5,6). The fourth-order valence-electron chi connectivity index (χ4n) is 2.62. The van der Waals surface area contributed by atoms with E-state index in [1.54, 1.807) is 18.9 Å². The van der Waals surface area contributed by atoms with Crippen molar-refractivity contribution < 1.29 is 29.3 Å². The van der Waals surface area contributed by atoms with Gasteiger partial charge in [0.05, 0.1) is 26.0 Å². The van der Waals surface area contributed by atoms with Gasteiger partial charge in [0.15, 0.2) is 5.16 Å². The molecule has 2 N–H and O–H groups in total. The van der Waals surface area contributed by atoms with Crippen LogP contribution in [-0.4, -0.2) is 87.5 Å². The molecule has 1 aliphatic heterocycles. The molecule has 0 amide bonds. The van der Waals surface area contributed by atoms with Gasteiger partial charge in [0.25, 0.3) is 0 Å². The van der Waals surface area contributed by atoms with Crippen LogP contribution in [0.5, 0.6) is 5.75 Å². The van der Waals surface area contributed by atoms with Crippen LogP contribution in [0.25, 0.3) is 5.69 Å². The number of aliphatic carboxylic acids is 2. The maximum absolute atomic E-state index is 9.10. The smallest absolute Gasteiger partial charge is 0.414 e. The topological polar surface area (TPSA) is 127 Å². The number of hydrogen-bond donors (Lipinski definition) is 2. The summed E-state index contributed by atoms with van der Waals surface area (Å²) in [6.45, 7) is 6.69. The number of morpholine rings is 1. The van der Waals surface area contributed by atoms with Gasteiger partial charge in [-0.2, -0.15) is 0 Å². The van der Waals surface area contributed by atoms with E-state index in [0.29, 0.717) is 0 Å². The van der Waals surface area contributed by atoms with E-state index >= 15 is 0 Å². The number of carboxylic acids is 2. The van der Waals surface area contributed by atoms with E-state index in [4.69, 9.17) is 29.3 Å². The van der Waals surface area contributed by atoms with E-state index in [0.717, 1.165) is 61.0 Å². The summed E-state index contributed by atoms with van der Waals surface area (Å²) < 4.78 is 12.9. The summed E-state index contributed by atoms with van der Waals surface area (Å²) >= 11 is 1.73. The minimum Gasteiger partial charge on any atom is -0.495 e. The summed E-state index contributed by atoms with van der Waals surface area (Å²) in [7, 11) is 1.68. The average molecular weight is 424 g/mol. The van der Waals surface area contributed by atoms with Crippen molar-refractivity contribution in [2.45, 2.75) is 12.1 Å². The molecular formula is C18H24N4O6S. The quantitative estimate of drug-likeness (QED) is 0.515. The minimum absolute atomic E-state index is 0.824. The molecule has 0 unspecified atom stereocenters. The Morgan fingerprint density at radius 2 is 1.83 bits per heavy atom. The molecule has 1 aliphatic rings. The van der Waals surface area contributed by atoms with Crippen molar-refractivity contribution >= 4 is 23.7 Å². The molecule has 1 aromatic heterocycles. The normalized spacial score (nSPS) is 14.0. The van der Waals surface area contributed by atoms with Crippen LogP contribution >= 0.6 is 11.8 Å². The van der Waals surface area contributed by atoms with Gasteiger partial charge in [-0.3, -0.25) is 9.47 Å². The van der Waals surface area contributed by atoms with Gasteiger partial charge < -0.3 is 19.7 Å². The monoisotopic (exact) mass is 424 g/mol. The van der Waals surface area contributed by atoms with E-state index in [9.17, 15) is 0 Å². The maximum atomic E-state index is 9.10. The number of para-hydroxylation sites is 2. The first-order valence-corrected chi connectivity index (χ1v) is 9.87. The Morgan fingerprint density at radius 1 is 1.17 bits per heavy atom. The summed E-state index contributed by atoms with van der Waals surface area (Å²) in [6.07, 6.45) is 0. The van der Waals surface area contributed by atoms with Crippen molar-refractivity contribution in [1.82, 2.24) is 19.7 Å². The van der Waals surface area contributed by atoms with Crippen molar-refractivity contribution in [2.24, 2.45) is 0 Å². The first kappa shape index (κ1) is 22.7. The van der Waals surface area contributed by atoms with Crippen LogP contribution in [0.15, 0.2) is 29.4 Å². The molecule has 2 aromatic rings. The van der Waals surface area contributed by atoms with E-state index in [2.05, 4.69) is 19.7 Å². The van der Waals surface area contributed by atoms with Crippen molar-refractivity contribution in [2.75, 3.05) is 45.7 Å². The van der Waals surface area contributed by atoms with E-state index in [1.807, 2.05) is 31.2 Å². The molecule has 0 atom stereocenters. The Labute approximate surface area is 172 Å². The van der Waals surface area contributed by atoms with Crippen LogP contribution in [0.2, 0.25) is 0 Å². The highest BCUT2D eigenvalue weighted by atomic mass is 32.2. The zero-order valence-corrected chi connectivity index (χ0v) is 17.1. The van der Waals surface area contributed by atoms with Gasteiger partial charge in [-0.05, 0) is 19.1 Å². The summed E-state index contributed by atoms with van der Waals surface area (Å²) in [5.74, 6) is -0.980. The number of rotatable bonds is 6. The van der Waals surface area contributed by atoms with Gasteiger partial charge in [-0.15, -0.1) is 10.2 Å². The Balaban J connectivity index is 0.000000438. The number of ether oxygens (including phenoxy) is 2. The lowest BCUT2D eigenvalue weighted by Crippen LogP contribution is -2.37. The molecule has 3 rings (SSSR count).